The van der Waals surface area contributed by atoms with Crippen LogP contribution in [0.1, 0.15) is 70.2 Å². The Labute approximate surface area is 243 Å². The van der Waals surface area contributed by atoms with Gasteiger partial charge in [-0.15, -0.1) is 0 Å². The highest BCUT2D eigenvalue weighted by atomic mass is 16.6. The van der Waals surface area contributed by atoms with Gasteiger partial charge in [-0.1, -0.05) is 68.1 Å². The van der Waals surface area contributed by atoms with E-state index in [4.69, 9.17) is 9.47 Å². The first-order chi connectivity index (χ1) is 19.5. The van der Waals surface area contributed by atoms with Crippen molar-refractivity contribution >= 4 is 30.0 Å². The molecule has 0 saturated carbocycles. The summed E-state index contributed by atoms with van der Waals surface area (Å²) >= 11 is 0. The molecule has 0 radical (unpaired) electrons. The van der Waals surface area contributed by atoms with Gasteiger partial charge in [0.15, 0.2) is 0 Å². The zero-order valence-electron chi connectivity index (χ0n) is 24.8. The molecule has 2 atom stereocenters. The van der Waals surface area contributed by atoms with Crippen molar-refractivity contribution in [3.8, 4) is 0 Å². The zero-order valence-corrected chi connectivity index (χ0v) is 24.8. The van der Waals surface area contributed by atoms with E-state index in [1.165, 1.54) is 4.90 Å². The SMILES string of the molecule is C=Cc1cccc(C(C(=O)NCCC(=O)OCC)N(CCC)C(=O)C(Cc2ccccc2)NC(=O)OC(C)(C)C)c1. The van der Waals surface area contributed by atoms with Crippen LogP contribution in [0, 0.1) is 0 Å². The molecule has 9 nitrogen and oxygen atoms in total. The fraction of sp³-hybridized carbons (Fsp3) is 0.438. The van der Waals surface area contributed by atoms with Gasteiger partial charge in [0.05, 0.1) is 13.0 Å². The number of nitrogens with zero attached hydrogens (tertiary/aromatic N) is 1. The summed E-state index contributed by atoms with van der Waals surface area (Å²) in [5.74, 6) is -1.31. The third-order valence-corrected chi connectivity index (χ3v) is 5.98. The maximum Gasteiger partial charge on any atom is 0.408 e. The fourth-order valence-electron chi connectivity index (χ4n) is 4.25. The molecule has 222 valence electrons. The van der Waals surface area contributed by atoms with Crippen molar-refractivity contribution in [2.24, 2.45) is 0 Å². The van der Waals surface area contributed by atoms with E-state index in [9.17, 15) is 19.2 Å². The first kappa shape index (κ1) is 33.1. The van der Waals surface area contributed by atoms with Crippen molar-refractivity contribution in [2.45, 2.75) is 71.6 Å². The van der Waals surface area contributed by atoms with Crippen LogP contribution in [0.4, 0.5) is 4.79 Å². The zero-order chi connectivity index (χ0) is 30.4. The van der Waals surface area contributed by atoms with Crippen molar-refractivity contribution in [3.63, 3.8) is 0 Å². The Morgan fingerprint density at radius 1 is 1.02 bits per heavy atom. The topological polar surface area (TPSA) is 114 Å². The highest BCUT2D eigenvalue weighted by molar-refractivity contribution is 5.92. The van der Waals surface area contributed by atoms with E-state index >= 15 is 0 Å². The van der Waals surface area contributed by atoms with Gasteiger partial charge in [-0.3, -0.25) is 14.4 Å². The van der Waals surface area contributed by atoms with E-state index in [2.05, 4.69) is 17.2 Å². The van der Waals surface area contributed by atoms with Gasteiger partial charge >= 0.3 is 12.1 Å². The smallest absolute Gasteiger partial charge is 0.408 e. The monoisotopic (exact) mass is 565 g/mol. The third kappa shape index (κ3) is 11.1. The van der Waals surface area contributed by atoms with Gasteiger partial charge in [0.25, 0.3) is 0 Å². The Hall–Kier alpha value is -4.14. The lowest BCUT2D eigenvalue weighted by molar-refractivity contribution is -0.144. The number of rotatable bonds is 14. The molecule has 0 aliphatic carbocycles. The van der Waals surface area contributed by atoms with E-state index in [0.29, 0.717) is 12.0 Å². The lowest BCUT2D eigenvalue weighted by Gasteiger charge is -2.34. The maximum atomic E-state index is 14.3. The Kier molecular flexibility index (Phi) is 13.1. The number of amides is 3. The molecule has 0 bridgehead atoms. The predicted molar refractivity (Wildman–Crippen MR) is 159 cm³/mol. The van der Waals surface area contributed by atoms with Crippen LogP contribution >= 0.6 is 0 Å². The number of nitrogens with one attached hydrogen (secondary N) is 2. The molecule has 0 aromatic heterocycles. The van der Waals surface area contributed by atoms with Crippen LogP contribution in [0.25, 0.3) is 6.08 Å². The van der Waals surface area contributed by atoms with Crippen molar-refractivity contribution in [2.75, 3.05) is 19.7 Å². The summed E-state index contributed by atoms with van der Waals surface area (Å²) < 4.78 is 10.4. The molecule has 9 heteroatoms. The summed E-state index contributed by atoms with van der Waals surface area (Å²) in [7, 11) is 0. The predicted octanol–water partition coefficient (Wildman–Crippen LogP) is 4.81. The number of carbonyl (C=O) groups is 4. The van der Waals surface area contributed by atoms with E-state index < -0.39 is 41.6 Å². The molecule has 3 amide bonds. The molecule has 2 aromatic rings. The van der Waals surface area contributed by atoms with E-state index in [0.717, 1.165) is 11.1 Å². The van der Waals surface area contributed by atoms with Crippen molar-refractivity contribution < 1.29 is 28.7 Å². The van der Waals surface area contributed by atoms with E-state index in [-0.39, 0.29) is 32.5 Å². The van der Waals surface area contributed by atoms with Crippen LogP contribution in [0.3, 0.4) is 0 Å². The van der Waals surface area contributed by atoms with Gasteiger partial charge in [0, 0.05) is 19.5 Å². The van der Waals surface area contributed by atoms with Gasteiger partial charge in [0.2, 0.25) is 11.8 Å². The quantitative estimate of drug-likeness (QED) is 0.318. The molecule has 2 unspecified atom stereocenters. The van der Waals surface area contributed by atoms with Crippen molar-refractivity contribution in [1.29, 1.82) is 0 Å². The first-order valence-corrected chi connectivity index (χ1v) is 14.0. The molecule has 0 spiro atoms. The van der Waals surface area contributed by atoms with E-state index in [1.54, 1.807) is 52.0 Å². The summed E-state index contributed by atoms with van der Waals surface area (Å²) in [4.78, 5) is 54.1. The first-order valence-electron chi connectivity index (χ1n) is 14.0. The molecule has 2 rings (SSSR count). The van der Waals surface area contributed by atoms with Gasteiger partial charge < -0.3 is 25.0 Å². The second kappa shape index (κ2) is 16.2. The highest BCUT2D eigenvalue weighted by Gasteiger charge is 2.36. The minimum atomic E-state index is -1.02. The normalized spacial score (nSPS) is 12.4. The lowest BCUT2D eigenvalue weighted by atomic mass is 9.98. The van der Waals surface area contributed by atoms with Gasteiger partial charge in [-0.2, -0.15) is 0 Å². The van der Waals surface area contributed by atoms with Crippen LogP contribution in [-0.4, -0.2) is 60.1 Å². The maximum absolute atomic E-state index is 14.3. The van der Waals surface area contributed by atoms with Crippen LogP contribution in [-0.2, 0) is 30.3 Å². The summed E-state index contributed by atoms with van der Waals surface area (Å²) in [6, 6.07) is 14.5. The molecule has 0 heterocycles. The minimum absolute atomic E-state index is 0.00243. The molecular formula is C32H43N3O6. The molecule has 0 saturated heterocycles. The third-order valence-electron chi connectivity index (χ3n) is 5.98. The second-order valence-electron chi connectivity index (χ2n) is 10.5. The molecular weight excluding hydrogens is 522 g/mol. The Balaban J connectivity index is 2.48. The van der Waals surface area contributed by atoms with Gasteiger partial charge in [-0.05, 0) is 56.9 Å². The van der Waals surface area contributed by atoms with Crippen LogP contribution in [0.2, 0.25) is 0 Å². The van der Waals surface area contributed by atoms with Crippen LogP contribution in [0.15, 0.2) is 61.2 Å². The fourth-order valence-corrected chi connectivity index (χ4v) is 4.25. The van der Waals surface area contributed by atoms with Gasteiger partial charge in [0.1, 0.15) is 17.7 Å². The second-order valence-corrected chi connectivity index (χ2v) is 10.5. The average Bonchev–Trinajstić information content (AvgIpc) is 2.92. The number of carbonyl (C=O) groups excluding carboxylic acids is 4. The van der Waals surface area contributed by atoms with Crippen molar-refractivity contribution in [1.82, 2.24) is 15.5 Å². The molecule has 0 aliphatic rings. The van der Waals surface area contributed by atoms with Gasteiger partial charge in [-0.25, -0.2) is 4.79 Å². The minimum Gasteiger partial charge on any atom is -0.466 e. The number of benzene rings is 2. The molecule has 2 N–H and O–H groups in total. The number of ether oxygens (including phenoxy) is 2. The molecule has 2 aromatic carbocycles. The number of hydrogen-bond acceptors (Lipinski definition) is 6. The Morgan fingerprint density at radius 2 is 1.73 bits per heavy atom. The summed E-state index contributed by atoms with van der Waals surface area (Å²) in [6.45, 7) is 13.2. The Bertz CT molecular complexity index is 1180. The molecule has 41 heavy (non-hydrogen) atoms. The van der Waals surface area contributed by atoms with Crippen LogP contribution < -0.4 is 10.6 Å². The standard InChI is InChI=1S/C32H43N3O6/c1-7-20-35(30(38)26(22-24-14-11-10-12-15-24)34-31(39)41-32(4,5)6)28(25-17-13-16-23(8-2)21-25)29(37)33-19-18-27(36)40-9-3/h8,10-17,21,26,28H,2,7,9,18-20,22H2,1,3-6H3,(H,33,37)(H,34,39). The van der Waals surface area contributed by atoms with E-state index in [1.807, 2.05) is 43.3 Å². The highest BCUT2D eigenvalue weighted by Crippen LogP contribution is 2.25. The molecule has 0 fully saturated rings. The number of esters is 1. The summed E-state index contributed by atoms with van der Waals surface area (Å²) in [5, 5.41) is 5.53. The van der Waals surface area contributed by atoms with Crippen molar-refractivity contribution in [3.05, 3.63) is 77.9 Å². The molecule has 0 aliphatic heterocycles. The number of alkyl carbamates (subject to hydrolysis) is 1. The lowest BCUT2D eigenvalue weighted by Crippen LogP contribution is -2.54. The van der Waals surface area contributed by atoms with Crippen LogP contribution in [0.5, 0.6) is 0 Å². The summed E-state index contributed by atoms with van der Waals surface area (Å²) in [6.07, 6.45) is 1.69. The average molecular weight is 566 g/mol. The largest absolute Gasteiger partial charge is 0.466 e. The summed E-state index contributed by atoms with van der Waals surface area (Å²) in [5.41, 5.74) is 1.43. The Morgan fingerprint density at radius 3 is 2.34 bits per heavy atom. The number of hydrogen-bond donors (Lipinski definition) is 2.